The second kappa shape index (κ2) is 7.74. The second-order valence-electron chi connectivity index (χ2n) is 6.22. The number of carbonyl (C=O) groups is 2. The summed E-state index contributed by atoms with van der Waals surface area (Å²) in [7, 11) is 1.56. The van der Waals surface area contributed by atoms with Crippen LogP contribution in [0.2, 0.25) is 5.02 Å². The first kappa shape index (κ1) is 18.2. The zero-order valence-electron chi connectivity index (χ0n) is 14.2. The van der Waals surface area contributed by atoms with Crippen LogP contribution in [-0.4, -0.2) is 36.9 Å². The summed E-state index contributed by atoms with van der Waals surface area (Å²) >= 11 is 5.99. The van der Waals surface area contributed by atoms with Gasteiger partial charge in [-0.2, -0.15) is 0 Å². The molecule has 7 heteroatoms. The van der Waals surface area contributed by atoms with Crippen molar-refractivity contribution < 1.29 is 18.7 Å². The van der Waals surface area contributed by atoms with Gasteiger partial charge < -0.3 is 15.0 Å². The van der Waals surface area contributed by atoms with Gasteiger partial charge in [0.2, 0.25) is 11.8 Å². The number of ether oxygens (including phenoxy) is 1. The number of nitrogens with zero attached hydrogens (tertiary/aromatic N) is 1. The van der Waals surface area contributed by atoms with Crippen molar-refractivity contribution in [3.8, 4) is 5.75 Å². The summed E-state index contributed by atoms with van der Waals surface area (Å²) in [6.45, 7) is 0.123. The minimum absolute atomic E-state index is 0.131. The number of nitrogens with one attached hydrogen (secondary N) is 1. The van der Waals surface area contributed by atoms with Gasteiger partial charge >= 0.3 is 0 Å². The van der Waals surface area contributed by atoms with Crippen molar-refractivity contribution in [3.63, 3.8) is 0 Å². The molecule has 0 unspecified atom stereocenters. The molecule has 2 aromatic carbocycles. The van der Waals surface area contributed by atoms with Crippen LogP contribution in [0.15, 0.2) is 42.5 Å². The monoisotopic (exact) mass is 376 g/mol. The predicted octanol–water partition coefficient (Wildman–Crippen LogP) is 3.13. The van der Waals surface area contributed by atoms with Crippen molar-refractivity contribution in [2.24, 2.45) is 5.92 Å². The minimum Gasteiger partial charge on any atom is -0.492 e. The Kier molecular flexibility index (Phi) is 5.42. The molecule has 1 aliphatic rings. The lowest BCUT2D eigenvalue weighted by atomic mass is 9.95. The largest absolute Gasteiger partial charge is 0.492 e. The van der Waals surface area contributed by atoms with Gasteiger partial charge in [-0.15, -0.1) is 0 Å². The zero-order valence-corrected chi connectivity index (χ0v) is 14.9. The van der Waals surface area contributed by atoms with Crippen LogP contribution in [0, 0.1) is 11.7 Å². The highest BCUT2D eigenvalue weighted by Gasteiger charge is 2.29. The maximum Gasteiger partial charge on any atom is 0.243 e. The highest BCUT2D eigenvalue weighted by atomic mass is 35.5. The minimum atomic E-state index is -0.441. The molecule has 2 amide bonds. The summed E-state index contributed by atoms with van der Waals surface area (Å²) in [6.07, 6.45) is 0.505. The Bertz CT molecular complexity index is 843. The third-order valence-electron chi connectivity index (χ3n) is 4.14. The van der Waals surface area contributed by atoms with Crippen LogP contribution in [0.1, 0.15) is 5.56 Å². The molecule has 3 rings (SSSR count). The Morgan fingerprint density at radius 1 is 1.31 bits per heavy atom. The first-order valence-corrected chi connectivity index (χ1v) is 8.52. The summed E-state index contributed by atoms with van der Waals surface area (Å²) in [5.74, 6) is -0.682. The number of hydrogen-bond acceptors (Lipinski definition) is 3. The molecule has 0 bridgehead atoms. The molecular formula is C19H18ClFN2O3. The SMILES string of the molecule is CN(CC(=O)Nc1cccc(F)c1)C(=O)[C@@H]1COc2ccc(Cl)cc2C1. The lowest BCUT2D eigenvalue weighted by Crippen LogP contribution is -2.42. The molecule has 1 heterocycles. The van der Waals surface area contributed by atoms with E-state index < -0.39 is 11.7 Å². The van der Waals surface area contributed by atoms with Crippen molar-refractivity contribution >= 4 is 29.1 Å². The van der Waals surface area contributed by atoms with E-state index in [0.717, 1.165) is 11.3 Å². The predicted molar refractivity (Wildman–Crippen MR) is 96.8 cm³/mol. The van der Waals surface area contributed by atoms with Crippen LogP contribution >= 0.6 is 11.6 Å². The molecular weight excluding hydrogens is 359 g/mol. The third-order valence-corrected chi connectivity index (χ3v) is 4.38. The quantitative estimate of drug-likeness (QED) is 0.891. The van der Waals surface area contributed by atoms with E-state index in [9.17, 15) is 14.0 Å². The van der Waals surface area contributed by atoms with Gasteiger partial charge in [0.1, 0.15) is 18.2 Å². The van der Waals surface area contributed by atoms with E-state index in [-0.39, 0.29) is 25.0 Å². The molecule has 2 aromatic rings. The smallest absolute Gasteiger partial charge is 0.243 e. The molecule has 0 saturated heterocycles. The van der Waals surface area contributed by atoms with Crippen molar-refractivity contribution in [2.45, 2.75) is 6.42 Å². The molecule has 0 radical (unpaired) electrons. The van der Waals surface area contributed by atoms with Gasteiger partial charge in [0.25, 0.3) is 0 Å². The van der Waals surface area contributed by atoms with Crippen LogP contribution in [0.25, 0.3) is 0 Å². The lowest BCUT2D eigenvalue weighted by Gasteiger charge is -2.28. The van der Waals surface area contributed by atoms with E-state index in [2.05, 4.69) is 5.32 Å². The number of amides is 2. The molecule has 1 atom stereocenters. The number of hydrogen-bond donors (Lipinski definition) is 1. The normalized spacial score (nSPS) is 15.6. The third kappa shape index (κ3) is 4.32. The first-order valence-electron chi connectivity index (χ1n) is 8.14. The van der Waals surface area contributed by atoms with Gasteiger partial charge in [-0.1, -0.05) is 17.7 Å². The molecule has 1 aliphatic heterocycles. The standard InChI is InChI=1S/C19H18ClFN2O3/c1-23(10-18(24)22-16-4-2-3-15(21)9-16)19(25)13-7-12-8-14(20)5-6-17(12)26-11-13/h2-6,8-9,13H,7,10-11H2,1H3,(H,22,24)/t13-/m0/s1. The van der Waals surface area contributed by atoms with E-state index >= 15 is 0 Å². The fourth-order valence-electron chi connectivity index (χ4n) is 2.89. The van der Waals surface area contributed by atoms with Crippen molar-refractivity contribution in [2.75, 3.05) is 25.5 Å². The zero-order chi connectivity index (χ0) is 18.7. The van der Waals surface area contributed by atoms with Gasteiger partial charge in [0, 0.05) is 17.8 Å². The maximum absolute atomic E-state index is 13.2. The number of benzene rings is 2. The van der Waals surface area contributed by atoms with Gasteiger partial charge in [0.05, 0.1) is 12.5 Å². The molecule has 1 N–H and O–H groups in total. The number of fused-ring (bicyclic) bond motifs is 1. The van der Waals surface area contributed by atoms with Gasteiger partial charge in [0.15, 0.2) is 0 Å². The number of likely N-dealkylation sites (N-methyl/N-ethyl adjacent to an activating group) is 1. The molecule has 0 aromatic heterocycles. The highest BCUT2D eigenvalue weighted by Crippen LogP contribution is 2.30. The van der Waals surface area contributed by atoms with Crippen LogP contribution in [0.3, 0.4) is 0 Å². The first-order chi connectivity index (χ1) is 12.4. The van der Waals surface area contributed by atoms with Crippen LogP contribution in [-0.2, 0) is 16.0 Å². The fourth-order valence-corrected chi connectivity index (χ4v) is 3.09. The van der Waals surface area contributed by atoms with E-state index in [0.29, 0.717) is 17.1 Å². The van der Waals surface area contributed by atoms with Crippen LogP contribution in [0.4, 0.5) is 10.1 Å². The van der Waals surface area contributed by atoms with E-state index in [1.165, 1.54) is 23.1 Å². The Morgan fingerprint density at radius 2 is 2.12 bits per heavy atom. The van der Waals surface area contributed by atoms with E-state index in [4.69, 9.17) is 16.3 Å². The van der Waals surface area contributed by atoms with Gasteiger partial charge in [-0.05, 0) is 48.4 Å². The molecule has 0 aliphatic carbocycles. The Labute approximate surface area is 155 Å². The summed E-state index contributed by atoms with van der Waals surface area (Å²) in [5, 5.41) is 3.16. The van der Waals surface area contributed by atoms with Crippen molar-refractivity contribution in [1.82, 2.24) is 4.90 Å². The van der Waals surface area contributed by atoms with Crippen LogP contribution < -0.4 is 10.1 Å². The molecule has 0 fully saturated rings. The van der Waals surface area contributed by atoms with E-state index in [1.807, 2.05) is 0 Å². The van der Waals surface area contributed by atoms with Gasteiger partial charge in [-0.25, -0.2) is 4.39 Å². The molecule has 5 nitrogen and oxygen atoms in total. The number of anilines is 1. The number of rotatable bonds is 4. The summed E-state index contributed by atoms with van der Waals surface area (Å²) in [6, 6.07) is 10.9. The molecule has 0 spiro atoms. The fraction of sp³-hybridized carbons (Fsp3) is 0.263. The summed E-state index contributed by atoms with van der Waals surface area (Å²) in [4.78, 5) is 26.0. The average molecular weight is 377 g/mol. The maximum atomic E-state index is 13.2. The van der Waals surface area contributed by atoms with E-state index in [1.54, 1.807) is 31.3 Å². The number of carbonyl (C=O) groups excluding carboxylic acids is 2. The average Bonchev–Trinajstić information content (AvgIpc) is 2.60. The second-order valence-corrected chi connectivity index (χ2v) is 6.65. The topological polar surface area (TPSA) is 58.6 Å². The van der Waals surface area contributed by atoms with Crippen LogP contribution in [0.5, 0.6) is 5.75 Å². The lowest BCUT2D eigenvalue weighted by molar-refractivity contribution is -0.138. The van der Waals surface area contributed by atoms with Crippen molar-refractivity contribution in [3.05, 3.63) is 58.9 Å². The van der Waals surface area contributed by atoms with Crippen molar-refractivity contribution in [1.29, 1.82) is 0 Å². The molecule has 26 heavy (non-hydrogen) atoms. The highest BCUT2D eigenvalue weighted by molar-refractivity contribution is 6.30. The Balaban J connectivity index is 1.58. The molecule has 0 saturated carbocycles. The Hall–Kier alpha value is -2.60. The number of halogens is 2. The van der Waals surface area contributed by atoms with Gasteiger partial charge in [-0.3, -0.25) is 9.59 Å². The molecule has 136 valence electrons. The summed E-state index contributed by atoms with van der Waals surface area (Å²) < 4.78 is 18.8. The summed E-state index contributed by atoms with van der Waals surface area (Å²) in [5.41, 5.74) is 1.22. The Morgan fingerprint density at radius 3 is 2.88 bits per heavy atom.